The maximum Gasteiger partial charge on any atom is 0.411 e. The molecule has 9 heteroatoms. The number of carbonyl (C=O) groups is 1. The van der Waals surface area contributed by atoms with Crippen molar-refractivity contribution in [1.29, 1.82) is 0 Å². The van der Waals surface area contributed by atoms with Gasteiger partial charge in [-0.25, -0.2) is 9.18 Å². The van der Waals surface area contributed by atoms with E-state index < -0.39 is 11.7 Å². The quantitative estimate of drug-likeness (QED) is 0.405. The maximum absolute atomic E-state index is 14.0. The number of rotatable bonds is 3. The molecule has 2 heterocycles. The van der Waals surface area contributed by atoms with Crippen molar-refractivity contribution in [2.24, 2.45) is 0 Å². The van der Waals surface area contributed by atoms with Crippen LogP contribution in [0.2, 0.25) is 5.02 Å². The van der Waals surface area contributed by atoms with Crippen molar-refractivity contribution in [2.45, 2.75) is 77.2 Å². The van der Waals surface area contributed by atoms with Crippen LogP contribution < -0.4 is 4.74 Å². The van der Waals surface area contributed by atoms with Gasteiger partial charge in [0.2, 0.25) is 0 Å². The fraction of sp³-hybridized carbons (Fsp3) is 0.444. The first-order valence-electron chi connectivity index (χ1n) is 12.3. The summed E-state index contributed by atoms with van der Waals surface area (Å²) >= 11 is 6.33. The van der Waals surface area contributed by atoms with Gasteiger partial charge in [0.15, 0.2) is 17.4 Å². The summed E-state index contributed by atoms with van der Waals surface area (Å²) < 4.78 is 27.7. The molecule has 0 radical (unpaired) electrons. The number of benzene rings is 2. The first-order chi connectivity index (χ1) is 17.2. The van der Waals surface area contributed by atoms with Crippen LogP contribution in [0.3, 0.4) is 0 Å². The van der Waals surface area contributed by atoms with Crippen LogP contribution in [-0.2, 0) is 17.8 Å². The summed E-state index contributed by atoms with van der Waals surface area (Å²) in [6, 6.07) is 12.2. The minimum Gasteiger partial charge on any atom is -0.487 e. The number of fused-ring (bicyclic) bond motifs is 3. The molecule has 1 saturated carbocycles. The van der Waals surface area contributed by atoms with E-state index in [1.165, 1.54) is 6.07 Å². The molecule has 5 rings (SSSR count). The van der Waals surface area contributed by atoms with Gasteiger partial charge >= 0.3 is 6.09 Å². The molecule has 1 fully saturated rings. The summed E-state index contributed by atoms with van der Waals surface area (Å²) in [5.74, 6) is 1.67. The number of aromatic nitrogens is 3. The van der Waals surface area contributed by atoms with E-state index in [4.69, 9.17) is 21.1 Å². The molecule has 1 aliphatic heterocycles. The fourth-order valence-electron chi connectivity index (χ4n) is 4.91. The van der Waals surface area contributed by atoms with E-state index in [1.54, 1.807) is 23.1 Å². The average molecular weight is 513 g/mol. The Bertz CT molecular complexity index is 1260. The second kappa shape index (κ2) is 9.73. The van der Waals surface area contributed by atoms with Crippen molar-refractivity contribution in [3.63, 3.8) is 0 Å². The largest absolute Gasteiger partial charge is 0.487 e. The topological polar surface area (TPSA) is 69.5 Å². The van der Waals surface area contributed by atoms with Crippen molar-refractivity contribution in [2.75, 3.05) is 0 Å². The molecule has 0 unspecified atom stereocenters. The van der Waals surface area contributed by atoms with Crippen molar-refractivity contribution in [3.05, 3.63) is 70.5 Å². The summed E-state index contributed by atoms with van der Waals surface area (Å²) in [7, 11) is 0. The summed E-state index contributed by atoms with van der Waals surface area (Å²) in [6.07, 6.45) is 2.82. The lowest BCUT2D eigenvalue weighted by Gasteiger charge is -2.29. The monoisotopic (exact) mass is 512 g/mol. The fourth-order valence-corrected chi connectivity index (χ4v) is 5.10. The predicted molar refractivity (Wildman–Crippen MR) is 134 cm³/mol. The molecule has 1 aliphatic carbocycles. The van der Waals surface area contributed by atoms with Gasteiger partial charge in [-0.3, -0.25) is 9.47 Å². The van der Waals surface area contributed by atoms with Crippen LogP contribution in [0.25, 0.3) is 5.69 Å². The van der Waals surface area contributed by atoms with Crippen LogP contribution >= 0.6 is 11.6 Å². The molecule has 2 aromatic carbocycles. The molecular formula is C27H30ClFN4O3. The molecule has 0 atom stereocenters. The molecule has 0 bridgehead atoms. The highest BCUT2D eigenvalue weighted by molar-refractivity contribution is 6.30. The molecule has 1 amide bonds. The number of ether oxygens (including phenoxy) is 2. The molecule has 190 valence electrons. The van der Waals surface area contributed by atoms with Crippen LogP contribution in [0, 0.1) is 5.82 Å². The number of para-hydroxylation sites is 1. The Labute approximate surface area is 215 Å². The zero-order chi connectivity index (χ0) is 25.4. The highest BCUT2D eigenvalue weighted by atomic mass is 35.5. The first kappa shape index (κ1) is 24.6. The van der Waals surface area contributed by atoms with E-state index in [2.05, 4.69) is 14.8 Å². The third-order valence-electron chi connectivity index (χ3n) is 6.55. The van der Waals surface area contributed by atoms with Gasteiger partial charge in [0.25, 0.3) is 0 Å². The Kier molecular flexibility index (Phi) is 6.64. The van der Waals surface area contributed by atoms with Crippen molar-refractivity contribution < 1.29 is 18.7 Å². The van der Waals surface area contributed by atoms with Gasteiger partial charge < -0.3 is 9.47 Å². The zero-order valence-electron chi connectivity index (χ0n) is 20.7. The SMILES string of the molecule is CC(C)(C)OC(=O)N1Cc2cc(Cl)ccc2-n2c(nnc2C2CCC(Oc3ccccc3F)CC2)C1. The smallest absolute Gasteiger partial charge is 0.411 e. The van der Waals surface area contributed by atoms with Gasteiger partial charge in [0.05, 0.1) is 24.9 Å². The lowest BCUT2D eigenvalue weighted by atomic mass is 9.86. The highest BCUT2D eigenvalue weighted by Crippen LogP contribution is 2.37. The van der Waals surface area contributed by atoms with Crippen LogP contribution in [0.15, 0.2) is 42.5 Å². The summed E-state index contributed by atoms with van der Waals surface area (Å²) in [4.78, 5) is 14.6. The van der Waals surface area contributed by atoms with E-state index >= 15 is 0 Å². The van der Waals surface area contributed by atoms with E-state index in [0.29, 0.717) is 23.1 Å². The van der Waals surface area contributed by atoms with Gasteiger partial charge in [0, 0.05) is 10.9 Å². The Balaban J connectivity index is 1.39. The number of amides is 1. The summed E-state index contributed by atoms with van der Waals surface area (Å²) in [5.41, 5.74) is 1.22. The maximum atomic E-state index is 14.0. The first-order valence-corrected chi connectivity index (χ1v) is 12.7. The van der Waals surface area contributed by atoms with Gasteiger partial charge in [-0.1, -0.05) is 23.7 Å². The number of hydrogen-bond acceptors (Lipinski definition) is 5. The molecule has 2 aliphatic rings. The lowest BCUT2D eigenvalue weighted by molar-refractivity contribution is 0.0214. The standard InChI is InChI=1S/C27H30ClFN4O3/c1-27(2,3)36-26(34)32-15-18-14-19(28)10-13-22(18)33-24(16-32)30-31-25(33)17-8-11-20(12-9-17)35-23-7-5-4-6-21(23)29/h4-7,10,13-14,17,20H,8-9,11-12,15-16H2,1-3H3. The Hall–Kier alpha value is -3.13. The van der Waals surface area contributed by atoms with E-state index in [1.807, 2.05) is 39.0 Å². The van der Waals surface area contributed by atoms with Gasteiger partial charge in [-0.15, -0.1) is 10.2 Å². The van der Waals surface area contributed by atoms with E-state index in [-0.39, 0.29) is 24.4 Å². The number of hydrogen-bond donors (Lipinski definition) is 0. The van der Waals surface area contributed by atoms with Crippen LogP contribution in [0.4, 0.5) is 9.18 Å². The predicted octanol–water partition coefficient (Wildman–Crippen LogP) is 6.42. The summed E-state index contributed by atoms with van der Waals surface area (Å²) in [6.45, 7) is 6.18. The van der Waals surface area contributed by atoms with Crippen LogP contribution in [-0.4, -0.2) is 37.5 Å². The Morgan fingerprint density at radius 3 is 2.53 bits per heavy atom. The van der Waals surface area contributed by atoms with Crippen LogP contribution in [0.1, 0.15) is 69.6 Å². The second-order valence-corrected chi connectivity index (χ2v) is 10.9. The Morgan fingerprint density at radius 1 is 1.06 bits per heavy atom. The van der Waals surface area contributed by atoms with Crippen molar-refractivity contribution in [1.82, 2.24) is 19.7 Å². The number of nitrogens with zero attached hydrogens (tertiary/aromatic N) is 4. The normalized spacial score (nSPS) is 19.8. The molecule has 0 saturated heterocycles. The van der Waals surface area contributed by atoms with E-state index in [9.17, 15) is 9.18 Å². The molecular weight excluding hydrogens is 483 g/mol. The average Bonchev–Trinajstić information content (AvgIpc) is 3.15. The lowest BCUT2D eigenvalue weighted by Crippen LogP contribution is -2.35. The van der Waals surface area contributed by atoms with Gasteiger partial charge in [0.1, 0.15) is 11.4 Å². The highest BCUT2D eigenvalue weighted by Gasteiger charge is 2.33. The third-order valence-corrected chi connectivity index (χ3v) is 6.79. The zero-order valence-corrected chi connectivity index (χ0v) is 21.5. The van der Waals surface area contributed by atoms with Crippen molar-refractivity contribution in [3.8, 4) is 11.4 Å². The van der Waals surface area contributed by atoms with Crippen LogP contribution in [0.5, 0.6) is 5.75 Å². The van der Waals surface area contributed by atoms with E-state index in [0.717, 1.165) is 42.8 Å². The molecule has 0 spiro atoms. The second-order valence-electron chi connectivity index (χ2n) is 10.4. The number of carbonyl (C=O) groups excluding carboxylic acids is 1. The molecule has 0 N–H and O–H groups in total. The number of halogens is 2. The minimum atomic E-state index is -0.608. The third kappa shape index (κ3) is 5.19. The Morgan fingerprint density at radius 2 is 1.81 bits per heavy atom. The van der Waals surface area contributed by atoms with Gasteiger partial charge in [-0.2, -0.15) is 0 Å². The van der Waals surface area contributed by atoms with Crippen molar-refractivity contribution >= 4 is 17.7 Å². The molecule has 36 heavy (non-hydrogen) atoms. The molecule has 1 aromatic heterocycles. The molecule has 7 nitrogen and oxygen atoms in total. The molecule has 3 aromatic rings. The minimum absolute atomic E-state index is 0.0431. The summed E-state index contributed by atoms with van der Waals surface area (Å²) in [5, 5.41) is 9.67. The van der Waals surface area contributed by atoms with Gasteiger partial charge in [-0.05, 0) is 82.3 Å².